The fourth-order valence-electron chi connectivity index (χ4n) is 1.89. The number of hydrogen-bond acceptors (Lipinski definition) is 5. The van der Waals surface area contributed by atoms with Crippen molar-refractivity contribution in [2.75, 3.05) is 26.9 Å². The van der Waals surface area contributed by atoms with Gasteiger partial charge < -0.3 is 14.8 Å². The minimum atomic E-state index is -0.389. The molecule has 118 valence electrons. The summed E-state index contributed by atoms with van der Waals surface area (Å²) in [6.45, 7) is 4.58. The zero-order valence-electron chi connectivity index (χ0n) is 12.8. The first-order valence-electron chi connectivity index (χ1n) is 7.28. The van der Waals surface area contributed by atoms with Crippen molar-refractivity contribution in [3.63, 3.8) is 0 Å². The van der Waals surface area contributed by atoms with Crippen LogP contribution < -0.4 is 10.1 Å². The van der Waals surface area contributed by atoms with E-state index >= 15 is 0 Å². The van der Waals surface area contributed by atoms with Crippen molar-refractivity contribution in [3.05, 3.63) is 33.9 Å². The van der Waals surface area contributed by atoms with E-state index in [9.17, 15) is 10.1 Å². The van der Waals surface area contributed by atoms with Crippen LogP contribution in [0.5, 0.6) is 5.75 Å². The van der Waals surface area contributed by atoms with Gasteiger partial charge in [0.1, 0.15) is 5.75 Å². The van der Waals surface area contributed by atoms with E-state index in [0.717, 1.165) is 24.8 Å². The Labute approximate surface area is 125 Å². The number of ether oxygens (including phenoxy) is 2. The quantitative estimate of drug-likeness (QED) is 0.386. The number of hydrogen-bond donors (Lipinski definition) is 1. The molecule has 1 aromatic carbocycles. The summed E-state index contributed by atoms with van der Waals surface area (Å²) in [5, 5.41) is 14.0. The summed E-state index contributed by atoms with van der Waals surface area (Å²) in [5.41, 5.74) is 0.885. The third-order valence-electron chi connectivity index (χ3n) is 3.06. The molecule has 6 heteroatoms. The maximum atomic E-state index is 10.9. The summed E-state index contributed by atoms with van der Waals surface area (Å²) in [7, 11) is 1.64. The molecule has 0 aliphatic heterocycles. The molecule has 6 nitrogen and oxygen atoms in total. The lowest BCUT2D eigenvalue weighted by Gasteiger charge is -2.12. The van der Waals surface area contributed by atoms with E-state index < -0.39 is 0 Å². The van der Waals surface area contributed by atoms with Crippen LogP contribution in [0.25, 0.3) is 0 Å². The predicted molar refractivity (Wildman–Crippen MR) is 81.7 cm³/mol. The third kappa shape index (κ3) is 6.55. The van der Waals surface area contributed by atoms with E-state index in [1.807, 2.05) is 0 Å². The van der Waals surface area contributed by atoms with Crippen LogP contribution in [-0.2, 0) is 11.3 Å². The van der Waals surface area contributed by atoms with E-state index in [4.69, 9.17) is 9.47 Å². The summed E-state index contributed by atoms with van der Waals surface area (Å²) in [6, 6.07) is 4.72. The molecular weight excluding hydrogens is 272 g/mol. The zero-order chi connectivity index (χ0) is 15.5. The fourth-order valence-corrected chi connectivity index (χ4v) is 1.89. The minimum Gasteiger partial charge on any atom is -0.493 e. The van der Waals surface area contributed by atoms with Gasteiger partial charge in [0.25, 0.3) is 5.69 Å². The number of nitro groups is 1. The average Bonchev–Trinajstić information content (AvgIpc) is 2.48. The average molecular weight is 296 g/mol. The van der Waals surface area contributed by atoms with Gasteiger partial charge in [-0.25, -0.2) is 0 Å². The van der Waals surface area contributed by atoms with Gasteiger partial charge in [-0.2, -0.15) is 0 Å². The van der Waals surface area contributed by atoms with E-state index in [0.29, 0.717) is 32.1 Å². The Kier molecular flexibility index (Phi) is 8.38. The maximum Gasteiger partial charge on any atom is 0.270 e. The highest BCUT2D eigenvalue weighted by atomic mass is 16.6. The number of rotatable bonds is 11. The summed E-state index contributed by atoms with van der Waals surface area (Å²) in [5.74, 6) is 0.710. The topological polar surface area (TPSA) is 73.6 Å². The smallest absolute Gasteiger partial charge is 0.270 e. The molecule has 0 aliphatic rings. The third-order valence-corrected chi connectivity index (χ3v) is 3.06. The lowest BCUT2D eigenvalue weighted by atomic mass is 10.1. The van der Waals surface area contributed by atoms with Gasteiger partial charge in [0.15, 0.2) is 0 Å². The molecule has 0 aliphatic carbocycles. The number of nitrogens with zero attached hydrogens (tertiary/aromatic N) is 1. The van der Waals surface area contributed by atoms with Crippen molar-refractivity contribution in [2.45, 2.75) is 32.7 Å². The van der Waals surface area contributed by atoms with Gasteiger partial charge in [0, 0.05) is 37.9 Å². The fraction of sp³-hybridized carbons (Fsp3) is 0.600. The van der Waals surface area contributed by atoms with Crippen LogP contribution >= 0.6 is 0 Å². The zero-order valence-corrected chi connectivity index (χ0v) is 12.8. The molecule has 0 spiro atoms. The Balaban J connectivity index is 2.67. The molecule has 0 radical (unpaired) electrons. The maximum absolute atomic E-state index is 10.9. The first-order chi connectivity index (χ1) is 10.2. The van der Waals surface area contributed by atoms with Crippen LogP contribution in [-0.4, -0.2) is 31.8 Å². The normalized spacial score (nSPS) is 10.6. The monoisotopic (exact) mass is 296 g/mol. The first kappa shape index (κ1) is 17.4. The number of methoxy groups -OCH3 is 1. The largest absolute Gasteiger partial charge is 0.493 e. The highest BCUT2D eigenvalue weighted by Gasteiger charge is 2.11. The number of unbranched alkanes of at least 4 members (excludes halogenated alkanes) is 2. The standard InChI is InChI=1S/C15H24N2O4/c1-3-4-5-9-21-15-7-6-14(17(18)19)11-13(15)12-16-8-10-20-2/h6-7,11,16H,3-5,8-10,12H2,1-2H3. The molecule has 21 heavy (non-hydrogen) atoms. The van der Waals surface area contributed by atoms with Gasteiger partial charge in [0.05, 0.1) is 18.1 Å². The molecule has 0 amide bonds. The molecule has 0 saturated carbocycles. The van der Waals surface area contributed by atoms with Crippen molar-refractivity contribution in [1.29, 1.82) is 0 Å². The second-order valence-electron chi connectivity index (χ2n) is 4.77. The molecule has 1 aromatic rings. The van der Waals surface area contributed by atoms with Crippen LogP contribution in [0.4, 0.5) is 5.69 Å². The highest BCUT2D eigenvalue weighted by Crippen LogP contribution is 2.24. The highest BCUT2D eigenvalue weighted by molar-refractivity contribution is 5.43. The van der Waals surface area contributed by atoms with Gasteiger partial charge in [-0.05, 0) is 12.5 Å². The Bertz CT molecular complexity index is 438. The predicted octanol–water partition coefficient (Wildman–Crippen LogP) is 2.90. The number of nitro benzene ring substituents is 1. The summed E-state index contributed by atoms with van der Waals surface area (Å²) in [4.78, 5) is 10.5. The Hall–Kier alpha value is -1.66. The lowest BCUT2D eigenvalue weighted by molar-refractivity contribution is -0.384. The van der Waals surface area contributed by atoms with Crippen LogP contribution in [0, 0.1) is 10.1 Å². The molecule has 0 saturated heterocycles. The van der Waals surface area contributed by atoms with Gasteiger partial charge in [-0.3, -0.25) is 10.1 Å². The number of benzene rings is 1. The van der Waals surface area contributed by atoms with Gasteiger partial charge >= 0.3 is 0 Å². The van der Waals surface area contributed by atoms with Crippen LogP contribution in [0.2, 0.25) is 0 Å². The van der Waals surface area contributed by atoms with E-state index in [2.05, 4.69) is 12.2 Å². The van der Waals surface area contributed by atoms with Crippen LogP contribution in [0.15, 0.2) is 18.2 Å². The second-order valence-corrected chi connectivity index (χ2v) is 4.77. The van der Waals surface area contributed by atoms with Crippen molar-refractivity contribution < 1.29 is 14.4 Å². The van der Waals surface area contributed by atoms with Gasteiger partial charge in [-0.15, -0.1) is 0 Å². The van der Waals surface area contributed by atoms with Crippen molar-refractivity contribution in [2.24, 2.45) is 0 Å². The van der Waals surface area contributed by atoms with E-state index in [1.165, 1.54) is 6.07 Å². The molecule has 0 bridgehead atoms. The number of non-ortho nitro benzene ring substituents is 1. The Morgan fingerprint density at radius 2 is 2.10 bits per heavy atom. The lowest BCUT2D eigenvalue weighted by Crippen LogP contribution is -2.19. The Morgan fingerprint density at radius 1 is 1.29 bits per heavy atom. The molecule has 0 aromatic heterocycles. The summed E-state index contributed by atoms with van der Waals surface area (Å²) >= 11 is 0. The molecule has 0 fully saturated rings. The van der Waals surface area contributed by atoms with E-state index in [1.54, 1.807) is 19.2 Å². The van der Waals surface area contributed by atoms with Crippen molar-refractivity contribution in [3.8, 4) is 5.75 Å². The SMILES string of the molecule is CCCCCOc1ccc([N+](=O)[O-])cc1CNCCOC. The molecule has 0 unspecified atom stereocenters. The first-order valence-corrected chi connectivity index (χ1v) is 7.28. The minimum absolute atomic E-state index is 0.0828. The second kappa shape index (κ2) is 10.1. The van der Waals surface area contributed by atoms with Gasteiger partial charge in [0.2, 0.25) is 0 Å². The molecule has 0 atom stereocenters. The molecule has 1 N–H and O–H groups in total. The summed E-state index contributed by atoms with van der Waals surface area (Å²) in [6.07, 6.45) is 3.24. The molecule has 0 heterocycles. The van der Waals surface area contributed by atoms with E-state index in [-0.39, 0.29) is 10.6 Å². The van der Waals surface area contributed by atoms with Crippen molar-refractivity contribution in [1.82, 2.24) is 5.32 Å². The Morgan fingerprint density at radius 3 is 2.76 bits per heavy atom. The summed E-state index contributed by atoms with van der Waals surface area (Å²) < 4.78 is 10.7. The van der Waals surface area contributed by atoms with Crippen LogP contribution in [0.3, 0.4) is 0 Å². The van der Waals surface area contributed by atoms with Gasteiger partial charge in [-0.1, -0.05) is 19.8 Å². The number of nitrogens with one attached hydrogen (secondary N) is 1. The van der Waals surface area contributed by atoms with Crippen LogP contribution in [0.1, 0.15) is 31.7 Å². The molecule has 1 rings (SSSR count). The van der Waals surface area contributed by atoms with Crippen molar-refractivity contribution >= 4 is 5.69 Å². The molecular formula is C15H24N2O4.